The van der Waals surface area contributed by atoms with Crippen LogP contribution in [0.15, 0.2) is 0 Å². The van der Waals surface area contributed by atoms with Crippen LogP contribution in [-0.2, 0) is 4.79 Å². The van der Waals surface area contributed by atoms with E-state index in [1.807, 2.05) is 0 Å². The fourth-order valence-corrected chi connectivity index (χ4v) is 8.17. The van der Waals surface area contributed by atoms with Gasteiger partial charge in [0.1, 0.15) is 0 Å². The molecule has 0 aromatic rings. The van der Waals surface area contributed by atoms with Crippen molar-refractivity contribution in [1.29, 1.82) is 0 Å². The number of likely N-dealkylation sites (tertiary alicyclic amines) is 1. The first-order valence-electron chi connectivity index (χ1n) is 9.27. The van der Waals surface area contributed by atoms with Crippen LogP contribution in [-0.4, -0.2) is 40.1 Å². The molecule has 0 aromatic carbocycles. The van der Waals surface area contributed by atoms with Crippen LogP contribution in [0.4, 0.5) is 0 Å². The van der Waals surface area contributed by atoms with Crippen LogP contribution >= 0.6 is 0 Å². The molecule has 120 valence electrons. The van der Waals surface area contributed by atoms with Crippen molar-refractivity contribution in [2.24, 2.45) is 34.3 Å². The van der Waals surface area contributed by atoms with Gasteiger partial charge >= 0.3 is 0 Å². The smallest absolute Gasteiger partial charge is 0.240 e. The molecule has 6 rings (SSSR count). The molecular weight excluding hydrogens is 276 g/mol. The first-order valence-corrected chi connectivity index (χ1v) is 9.27. The van der Waals surface area contributed by atoms with Gasteiger partial charge in [-0.2, -0.15) is 0 Å². The zero-order valence-electron chi connectivity index (χ0n) is 13.1. The molecule has 6 fully saturated rings. The van der Waals surface area contributed by atoms with Gasteiger partial charge in [-0.15, -0.1) is 0 Å². The van der Waals surface area contributed by atoms with Crippen LogP contribution < -0.4 is 5.73 Å². The van der Waals surface area contributed by atoms with Gasteiger partial charge in [0.05, 0.1) is 11.6 Å². The molecule has 4 heteroatoms. The lowest BCUT2D eigenvalue weighted by Crippen LogP contribution is -2.72. The molecule has 1 spiro atoms. The van der Waals surface area contributed by atoms with Gasteiger partial charge in [0.15, 0.2) is 0 Å². The fourth-order valence-electron chi connectivity index (χ4n) is 8.17. The summed E-state index contributed by atoms with van der Waals surface area (Å²) in [7, 11) is 0. The zero-order chi connectivity index (χ0) is 14.9. The summed E-state index contributed by atoms with van der Waals surface area (Å²) in [6, 6.07) is 0.137. The van der Waals surface area contributed by atoms with E-state index in [-0.39, 0.29) is 22.8 Å². The second kappa shape index (κ2) is 3.41. The normalized spacial score (nSPS) is 60.9. The van der Waals surface area contributed by atoms with Gasteiger partial charge in [-0.05, 0) is 69.1 Å². The second-order valence-corrected chi connectivity index (χ2v) is 9.59. The third kappa shape index (κ3) is 1.12. The molecule has 5 saturated carbocycles. The Morgan fingerprint density at radius 3 is 2.64 bits per heavy atom. The minimum Gasteiger partial charge on any atom is -0.389 e. The quantitative estimate of drug-likeness (QED) is 0.807. The topological polar surface area (TPSA) is 66.6 Å². The Labute approximate surface area is 131 Å². The molecule has 3 bridgehead atoms. The Balaban J connectivity index is 1.37. The van der Waals surface area contributed by atoms with Gasteiger partial charge in [-0.3, -0.25) is 4.79 Å². The lowest BCUT2D eigenvalue weighted by atomic mass is 9.41. The number of aliphatic hydroxyl groups is 1. The highest BCUT2D eigenvalue weighted by Crippen LogP contribution is 2.83. The van der Waals surface area contributed by atoms with E-state index in [0.29, 0.717) is 17.9 Å². The van der Waals surface area contributed by atoms with E-state index in [4.69, 9.17) is 5.73 Å². The molecule has 0 radical (unpaired) electrons. The largest absolute Gasteiger partial charge is 0.389 e. The summed E-state index contributed by atoms with van der Waals surface area (Å²) in [6.07, 6.45) is 8.77. The molecule has 1 heterocycles. The Kier molecular flexibility index (Phi) is 1.98. The van der Waals surface area contributed by atoms with E-state index in [9.17, 15) is 9.90 Å². The standard InChI is InChI=1S/C18H26N2O2/c19-14(15(21)20-2-1-12-4-13(12)20)16-5-10-3-11-7-17(16,6-10)18(22,8-11)9-16/h10-14,22H,1-9,19H2. The summed E-state index contributed by atoms with van der Waals surface area (Å²) in [5.41, 5.74) is 6.06. The number of carbonyl (C=O) groups excluding carboxylic acids is 1. The highest BCUT2D eigenvalue weighted by molar-refractivity contribution is 5.84. The van der Waals surface area contributed by atoms with Crippen molar-refractivity contribution in [3.8, 4) is 0 Å². The number of hydrogen-bond donors (Lipinski definition) is 2. The van der Waals surface area contributed by atoms with Crippen LogP contribution in [0.5, 0.6) is 0 Å². The Hall–Kier alpha value is -0.610. The van der Waals surface area contributed by atoms with Crippen molar-refractivity contribution < 1.29 is 9.90 Å². The first kappa shape index (κ1) is 12.8. The van der Waals surface area contributed by atoms with Gasteiger partial charge < -0.3 is 15.7 Å². The van der Waals surface area contributed by atoms with Crippen molar-refractivity contribution in [3.05, 3.63) is 0 Å². The molecule has 4 nitrogen and oxygen atoms in total. The molecule has 8 unspecified atom stereocenters. The number of rotatable bonds is 2. The summed E-state index contributed by atoms with van der Waals surface area (Å²) in [5.74, 6) is 2.37. The van der Waals surface area contributed by atoms with Gasteiger partial charge in [0.25, 0.3) is 0 Å². The van der Waals surface area contributed by atoms with Gasteiger partial charge in [0, 0.05) is 23.4 Å². The van der Waals surface area contributed by atoms with Crippen molar-refractivity contribution >= 4 is 5.91 Å². The predicted molar refractivity (Wildman–Crippen MR) is 80.7 cm³/mol. The zero-order valence-corrected chi connectivity index (χ0v) is 13.1. The fraction of sp³-hybridized carbons (Fsp3) is 0.944. The maximum Gasteiger partial charge on any atom is 0.240 e. The van der Waals surface area contributed by atoms with Crippen molar-refractivity contribution in [2.75, 3.05) is 6.54 Å². The van der Waals surface area contributed by atoms with Crippen molar-refractivity contribution in [2.45, 2.75) is 69.1 Å². The average Bonchev–Trinajstić information content (AvgIpc) is 3.03. The van der Waals surface area contributed by atoms with E-state index < -0.39 is 5.60 Å². The van der Waals surface area contributed by atoms with Crippen LogP contribution in [0.1, 0.15) is 51.4 Å². The number of nitrogens with two attached hydrogens (primary N) is 1. The van der Waals surface area contributed by atoms with E-state index in [1.165, 1.54) is 19.3 Å². The minimum atomic E-state index is -0.492. The summed E-state index contributed by atoms with van der Waals surface area (Å²) >= 11 is 0. The SMILES string of the molecule is NC(C(=O)N1CCC2CC21)C12CC3CC4CC(O)(C1)C2(C4)C3. The minimum absolute atomic E-state index is 0.00859. The maximum atomic E-state index is 13.1. The molecule has 22 heavy (non-hydrogen) atoms. The Bertz CT molecular complexity index is 590. The Morgan fingerprint density at radius 1 is 1.18 bits per heavy atom. The van der Waals surface area contributed by atoms with E-state index in [1.54, 1.807) is 0 Å². The Morgan fingerprint density at radius 2 is 1.95 bits per heavy atom. The monoisotopic (exact) mass is 302 g/mol. The molecule has 1 amide bonds. The highest BCUT2D eigenvalue weighted by atomic mass is 16.3. The summed E-state index contributed by atoms with van der Waals surface area (Å²) < 4.78 is 0. The maximum absolute atomic E-state index is 13.1. The van der Waals surface area contributed by atoms with Crippen molar-refractivity contribution in [1.82, 2.24) is 4.90 Å². The highest BCUT2D eigenvalue weighted by Gasteiger charge is 2.83. The number of carbonyl (C=O) groups is 1. The van der Waals surface area contributed by atoms with Gasteiger partial charge in [0.2, 0.25) is 5.91 Å². The molecule has 5 aliphatic carbocycles. The van der Waals surface area contributed by atoms with E-state index >= 15 is 0 Å². The third-order valence-electron chi connectivity index (χ3n) is 8.84. The lowest BCUT2D eigenvalue weighted by Gasteiger charge is -2.65. The average molecular weight is 302 g/mol. The molecule has 8 atom stereocenters. The third-order valence-corrected chi connectivity index (χ3v) is 8.84. The van der Waals surface area contributed by atoms with Crippen LogP contribution in [0.3, 0.4) is 0 Å². The first-order chi connectivity index (χ1) is 10.5. The summed E-state index contributed by atoms with van der Waals surface area (Å²) in [5, 5.41) is 11.1. The van der Waals surface area contributed by atoms with Crippen LogP contribution in [0.25, 0.3) is 0 Å². The number of hydrogen-bond acceptors (Lipinski definition) is 3. The summed E-state index contributed by atoms with van der Waals surface area (Å²) in [4.78, 5) is 15.2. The van der Waals surface area contributed by atoms with Crippen molar-refractivity contribution in [3.63, 3.8) is 0 Å². The predicted octanol–water partition coefficient (Wildman–Crippen LogP) is 1.27. The molecule has 0 aromatic heterocycles. The van der Waals surface area contributed by atoms with E-state index in [2.05, 4.69) is 4.90 Å². The molecule has 6 aliphatic rings. The van der Waals surface area contributed by atoms with Gasteiger partial charge in [-0.1, -0.05) is 0 Å². The summed E-state index contributed by atoms with van der Waals surface area (Å²) in [6.45, 7) is 0.918. The number of amides is 1. The molecule has 1 saturated heterocycles. The second-order valence-electron chi connectivity index (χ2n) is 9.59. The van der Waals surface area contributed by atoms with Crippen LogP contribution in [0.2, 0.25) is 0 Å². The number of fused-ring (bicyclic) bond motifs is 3. The number of piperidine rings is 1. The van der Waals surface area contributed by atoms with Crippen LogP contribution in [0, 0.1) is 28.6 Å². The molecule has 3 N–H and O–H groups in total. The van der Waals surface area contributed by atoms with Gasteiger partial charge in [-0.25, -0.2) is 0 Å². The lowest BCUT2D eigenvalue weighted by molar-refractivity contribution is -0.241. The van der Waals surface area contributed by atoms with E-state index in [0.717, 1.165) is 44.6 Å². The molecular formula is C18H26N2O2. The molecule has 1 aliphatic heterocycles. The number of nitrogens with zero attached hydrogens (tertiary/aromatic N) is 1.